The Balaban J connectivity index is 2.48. The molecule has 0 bridgehead atoms. The second-order valence-corrected chi connectivity index (χ2v) is 5.33. The molecule has 0 aromatic heterocycles. The average molecular weight is 327 g/mol. The number of carboxylic acids is 1. The summed E-state index contributed by atoms with van der Waals surface area (Å²) in [5.41, 5.74) is 0.877. The van der Waals surface area contributed by atoms with Gasteiger partial charge in [-0.1, -0.05) is 18.2 Å². The van der Waals surface area contributed by atoms with Crippen molar-refractivity contribution in [3.63, 3.8) is 0 Å². The van der Waals surface area contributed by atoms with E-state index < -0.39 is 11.9 Å². The maximum absolute atomic E-state index is 11.2. The molecule has 0 fully saturated rings. The van der Waals surface area contributed by atoms with Crippen molar-refractivity contribution in [2.75, 3.05) is 6.61 Å². The normalized spacial score (nSPS) is 10.3. The first-order chi connectivity index (χ1) is 10.3. The Bertz CT molecular complexity index is 580. The molecule has 0 aliphatic heterocycles. The smallest absolute Gasteiger partial charge is 0.336 e. The lowest BCUT2D eigenvalue weighted by atomic mass is 10.0. The molecule has 1 aromatic rings. The summed E-state index contributed by atoms with van der Waals surface area (Å²) in [4.78, 5) is 22.3. The van der Waals surface area contributed by atoms with Crippen LogP contribution in [0.3, 0.4) is 0 Å². The van der Waals surface area contributed by atoms with Crippen LogP contribution in [0, 0.1) is 0 Å². The lowest BCUT2D eigenvalue weighted by Crippen LogP contribution is -2.06. The summed E-state index contributed by atoms with van der Waals surface area (Å²) >= 11 is 5.97. The Morgan fingerprint density at radius 2 is 1.95 bits per heavy atom. The molecule has 2 N–H and O–H groups in total. The third-order valence-electron chi connectivity index (χ3n) is 3.11. The Morgan fingerprint density at radius 1 is 1.27 bits per heavy atom. The number of rotatable bonds is 8. The van der Waals surface area contributed by atoms with Crippen molar-refractivity contribution >= 4 is 23.5 Å². The number of halogens is 1. The van der Waals surface area contributed by atoms with Crippen LogP contribution in [0.15, 0.2) is 24.3 Å². The standard InChI is InChI=1S/C16H19ClO5/c1-10(2)16(21)22-9-5-3-4-6-11-12(15(19)20)7-8-13(18)14(11)17/h7-8,18H,1,3-6,9H2,2H3,(H,19,20). The number of phenols is 1. The number of hydrogen-bond acceptors (Lipinski definition) is 4. The van der Waals surface area contributed by atoms with E-state index in [-0.39, 0.29) is 16.3 Å². The number of ether oxygens (including phenoxy) is 1. The van der Waals surface area contributed by atoms with E-state index in [4.69, 9.17) is 21.4 Å². The van der Waals surface area contributed by atoms with Crippen molar-refractivity contribution in [3.05, 3.63) is 40.4 Å². The van der Waals surface area contributed by atoms with Gasteiger partial charge in [0.2, 0.25) is 0 Å². The molecule has 0 atom stereocenters. The summed E-state index contributed by atoms with van der Waals surface area (Å²) in [5, 5.41) is 18.8. The highest BCUT2D eigenvalue weighted by Crippen LogP contribution is 2.31. The highest BCUT2D eigenvalue weighted by Gasteiger charge is 2.15. The van der Waals surface area contributed by atoms with Crippen molar-refractivity contribution in [1.82, 2.24) is 0 Å². The summed E-state index contributed by atoms with van der Waals surface area (Å²) in [6, 6.07) is 2.61. The van der Waals surface area contributed by atoms with E-state index in [2.05, 4.69) is 6.58 Å². The van der Waals surface area contributed by atoms with Gasteiger partial charge in [-0.25, -0.2) is 9.59 Å². The number of carbonyl (C=O) groups is 2. The predicted octanol–water partition coefficient (Wildman–Crippen LogP) is 3.58. The first kappa shape index (κ1) is 18.0. The molecule has 0 aliphatic carbocycles. The Hall–Kier alpha value is -2.01. The van der Waals surface area contributed by atoms with Gasteiger partial charge in [-0.2, -0.15) is 0 Å². The van der Waals surface area contributed by atoms with E-state index in [0.717, 1.165) is 6.42 Å². The molecule has 0 saturated carbocycles. The topological polar surface area (TPSA) is 83.8 Å². The van der Waals surface area contributed by atoms with Crippen LogP contribution >= 0.6 is 11.6 Å². The van der Waals surface area contributed by atoms with Gasteiger partial charge in [0, 0.05) is 5.57 Å². The molecule has 0 aliphatic rings. The van der Waals surface area contributed by atoms with Crippen molar-refractivity contribution < 1.29 is 24.5 Å². The monoisotopic (exact) mass is 326 g/mol. The van der Waals surface area contributed by atoms with Gasteiger partial charge in [-0.05, 0) is 50.3 Å². The minimum atomic E-state index is -1.08. The molecule has 5 nitrogen and oxygen atoms in total. The van der Waals surface area contributed by atoms with E-state index in [1.807, 2.05) is 0 Å². The van der Waals surface area contributed by atoms with Gasteiger partial charge in [0.15, 0.2) is 0 Å². The number of phenolic OH excluding ortho intramolecular Hbond substituents is 1. The second-order valence-electron chi connectivity index (χ2n) is 4.96. The van der Waals surface area contributed by atoms with Gasteiger partial charge in [-0.3, -0.25) is 0 Å². The molecule has 1 rings (SSSR count). The van der Waals surface area contributed by atoms with Gasteiger partial charge in [-0.15, -0.1) is 0 Å². The molecule has 120 valence electrons. The lowest BCUT2D eigenvalue weighted by Gasteiger charge is -2.10. The highest BCUT2D eigenvalue weighted by molar-refractivity contribution is 6.33. The van der Waals surface area contributed by atoms with Gasteiger partial charge >= 0.3 is 11.9 Å². The molecule has 1 aromatic carbocycles. The molecule has 6 heteroatoms. The Kier molecular flexibility index (Phi) is 6.92. The van der Waals surface area contributed by atoms with Crippen LogP contribution in [0.5, 0.6) is 5.75 Å². The number of esters is 1. The molecule has 0 radical (unpaired) electrons. The van der Waals surface area contributed by atoms with E-state index in [9.17, 15) is 14.7 Å². The predicted molar refractivity (Wildman–Crippen MR) is 83.4 cm³/mol. The molecule has 0 spiro atoms. The SMILES string of the molecule is C=C(C)C(=O)OCCCCCc1c(C(=O)O)ccc(O)c1Cl. The van der Waals surface area contributed by atoms with Crippen molar-refractivity contribution in [3.8, 4) is 5.75 Å². The molecule has 0 saturated heterocycles. The number of hydrogen-bond donors (Lipinski definition) is 2. The molecule has 22 heavy (non-hydrogen) atoms. The first-order valence-electron chi connectivity index (χ1n) is 6.91. The van der Waals surface area contributed by atoms with Crippen LogP contribution < -0.4 is 0 Å². The third kappa shape index (κ3) is 5.07. The highest BCUT2D eigenvalue weighted by atomic mass is 35.5. The zero-order chi connectivity index (χ0) is 16.7. The van der Waals surface area contributed by atoms with Crippen molar-refractivity contribution in [2.24, 2.45) is 0 Å². The largest absolute Gasteiger partial charge is 0.506 e. The average Bonchev–Trinajstić information content (AvgIpc) is 2.45. The molecular weight excluding hydrogens is 308 g/mol. The van der Waals surface area contributed by atoms with Gasteiger partial charge < -0.3 is 14.9 Å². The summed E-state index contributed by atoms with van der Waals surface area (Å²) < 4.78 is 4.96. The van der Waals surface area contributed by atoms with Gasteiger partial charge in [0.1, 0.15) is 5.75 Å². The number of unbranched alkanes of at least 4 members (excludes halogenated alkanes) is 2. The Labute approximate surface area is 134 Å². The first-order valence-corrected chi connectivity index (χ1v) is 7.28. The summed E-state index contributed by atoms with van der Waals surface area (Å²) in [5.74, 6) is -1.62. The summed E-state index contributed by atoms with van der Waals surface area (Å²) in [7, 11) is 0. The lowest BCUT2D eigenvalue weighted by molar-refractivity contribution is -0.139. The van der Waals surface area contributed by atoms with Crippen LogP contribution in [0.2, 0.25) is 5.02 Å². The second kappa shape index (κ2) is 8.44. The van der Waals surface area contributed by atoms with E-state index in [0.29, 0.717) is 37.0 Å². The van der Waals surface area contributed by atoms with Crippen LogP contribution in [0.25, 0.3) is 0 Å². The molecular formula is C16H19ClO5. The number of carbonyl (C=O) groups excluding carboxylic acids is 1. The maximum Gasteiger partial charge on any atom is 0.336 e. The number of benzene rings is 1. The zero-order valence-corrected chi connectivity index (χ0v) is 13.2. The maximum atomic E-state index is 11.2. The zero-order valence-electron chi connectivity index (χ0n) is 12.4. The van der Waals surface area contributed by atoms with E-state index >= 15 is 0 Å². The van der Waals surface area contributed by atoms with Crippen LogP contribution in [-0.2, 0) is 16.0 Å². The fraction of sp³-hybridized carbons (Fsp3) is 0.375. The number of carboxylic acid groups (broad SMARTS) is 1. The van der Waals surface area contributed by atoms with Crippen LogP contribution in [-0.4, -0.2) is 28.8 Å². The summed E-state index contributed by atoms with van der Waals surface area (Å²) in [6.45, 7) is 5.37. The third-order valence-corrected chi connectivity index (χ3v) is 3.53. The minimum absolute atomic E-state index is 0.0774. The minimum Gasteiger partial charge on any atom is -0.506 e. The van der Waals surface area contributed by atoms with Crippen LogP contribution in [0.1, 0.15) is 42.1 Å². The van der Waals surface area contributed by atoms with Crippen LogP contribution in [0.4, 0.5) is 0 Å². The quantitative estimate of drug-likeness (QED) is 0.433. The molecule has 0 heterocycles. The molecule has 0 unspecified atom stereocenters. The fourth-order valence-electron chi connectivity index (χ4n) is 1.92. The number of aromatic carboxylic acids is 1. The molecule has 0 amide bonds. The van der Waals surface area contributed by atoms with Crippen molar-refractivity contribution in [1.29, 1.82) is 0 Å². The Morgan fingerprint density at radius 3 is 2.55 bits per heavy atom. The summed E-state index contributed by atoms with van der Waals surface area (Å²) in [6.07, 6.45) is 2.52. The van der Waals surface area contributed by atoms with Crippen molar-refractivity contribution in [2.45, 2.75) is 32.6 Å². The fourth-order valence-corrected chi connectivity index (χ4v) is 2.18. The van der Waals surface area contributed by atoms with Gasteiger partial charge in [0.05, 0.1) is 17.2 Å². The van der Waals surface area contributed by atoms with E-state index in [1.165, 1.54) is 12.1 Å². The number of aromatic hydroxyl groups is 1. The van der Waals surface area contributed by atoms with E-state index in [1.54, 1.807) is 6.92 Å². The van der Waals surface area contributed by atoms with Gasteiger partial charge in [0.25, 0.3) is 0 Å².